The number of hydrogen-bond acceptors (Lipinski definition) is 3. The van der Waals surface area contributed by atoms with Crippen molar-refractivity contribution in [1.29, 1.82) is 0 Å². The molecule has 0 saturated carbocycles. The molecule has 0 aliphatic heterocycles. The van der Waals surface area contributed by atoms with E-state index >= 15 is 0 Å². The summed E-state index contributed by atoms with van der Waals surface area (Å²) in [5.41, 5.74) is -3.55. The number of rotatable bonds is 5. The van der Waals surface area contributed by atoms with Crippen molar-refractivity contribution >= 4 is 5.78 Å². The maximum absolute atomic E-state index is 13.4. The molecule has 0 aliphatic carbocycles. The van der Waals surface area contributed by atoms with Gasteiger partial charge in [-0.1, -0.05) is 42.5 Å². The Balaban J connectivity index is 2.37. The van der Waals surface area contributed by atoms with E-state index in [1.807, 2.05) is 0 Å². The molecule has 1 atom stereocenters. The summed E-state index contributed by atoms with van der Waals surface area (Å²) in [6, 6.07) is 12.4. The third-order valence-electron chi connectivity index (χ3n) is 3.55. The summed E-state index contributed by atoms with van der Waals surface area (Å²) in [5, 5.41) is 10.2. The summed E-state index contributed by atoms with van der Waals surface area (Å²) in [6.07, 6.45) is -6.08. The average Bonchev–Trinajstić information content (AvgIpc) is 2.54. The van der Waals surface area contributed by atoms with Crippen LogP contribution in [0.15, 0.2) is 54.6 Å². The van der Waals surface area contributed by atoms with Gasteiger partial charge in [-0.25, -0.2) is 0 Å². The zero-order valence-corrected chi connectivity index (χ0v) is 12.3. The summed E-state index contributed by atoms with van der Waals surface area (Å²) in [7, 11) is 1.38. The van der Waals surface area contributed by atoms with Gasteiger partial charge in [-0.2, -0.15) is 13.2 Å². The molecule has 122 valence electrons. The lowest BCUT2D eigenvalue weighted by Crippen LogP contribution is -2.44. The molecule has 2 rings (SSSR count). The van der Waals surface area contributed by atoms with Crippen molar-refractivity contribution in [2.45, 2.75) is 18.2 Å². The summed E-state index contributed by atoms with van der Waals surface area (Å²) in [6.45, 7) is 0. The molecule has 0 fully saturated rings. The van der Waals surface area contributed by atoms with Gasteiger partial charge in [0, 0.05) is 5.56 Å². The summed E-state index contributed by atoms with van der Waals surface area (Å²) in [4.78, 5) is 12.1. The maximum atomic E-state index is 13.4. The van der Waals surface area contributed by atoms with Crippen LogP contribution in [0.4, 0.5) is 13.2 Å². The zero-order valence-electron chi connectivity index (χ0n) is 12.3. The minimum Gasteiger partial charge on any atom is -0.497 e. The number of carbonyl (C=O) groups excluding carboxylic acids is 1. The average molecular weight is 324 g/mol. The SMILES string of the molecule is COc1ccc(C(O)(CC(=O)c2ccccc2)C(F)(F)F)cc1. The fourth-order valence-corrected chi connectivity index (χ4v) is 2.19. The smallest absolute Gasteiger partial charge is 0.421 e. The van der Waals surface area contributed by atoms with Crippen LogP contribution in [-0.4, -0.2) is 24.2 Å². The Labute approximate surface area is 131 Å². The Bertz CT molecular complexity index is 666. The van der Waals surface area contributed by atoms with Gasteiger partial charge in [0.1, 0.15) is 5.75 Å². The lowest BCUT2D eigenvalue weighted by atomic mass is 9.86. The fraction of sp³-hybridized carbons (Fsp3) is 0.235. The molecule has 6 heteroatoms. The van der Waals surface area contributed by atoms with E-state index in [-0.39, 0.29) is 5.56 Å². The van der Waals surface area contributed by atoms with Gasteiger partial charge in [0.25, 0.3) is 0 Å². The first kappa shape index (κ1) is 17.0. The minimum atomic E-state index is -4.99. The van der Waals surface area contributed by atoms with Crippen LogP contribution < -0.4 is 4.74 Å². The standard InChI is InChI=1S/C17H15F3O3/c1-23-14-9-7-13(8-10-14)16(22,17(18,19)20)11-15(21)12-5-3-2-4-6-12/h2-10,22H,11H2,1H3. The third-order valence-corrected chi connectivity index (χ3v) is 3.55. The Morgan fingerprint density at radius 1 is 1.04 bits per heavy atom. The fourth-order valence-electron chi connectivity index (χ4n) is 2.19. The Morgan fingerprint density at radius 3 is 2.09 bits per heavy atom. The lowest BCUT2D eigenvalue weighted by Gasteiger charge is -2.30. The number of hydrogen-bond donors (Lipinski definition) is 1. The molecule has 0 heterocycles. The molecule has 0 spiro atoms. The third kappa shape index (κ3) is 3.53. The highest BCUT2D eigenvalue weighted by Crippen LogP contribution is 2.42. The predicted octanol–water partition coefficient (Wildman–Crippen LogP) is 3.72. The first-order valence-corrected chi connectivity index (χ1v) is 6.80. The Kier molecular flexibility index (Phi) is 4.75. The van der Waals surface area contributed by atoms with Gasteiger partial charge in [-0.05, 0) is 17.7 Å². The van der Waals surface area contributed by atoms with E-state index < -0.39 is 29.5 Å². The number of methoxy groups -OCH3 is 1. The molecule has 0 radical (unpaired) electrons. The van der Waals surface area contributed by atoms with E-state index in [0.717, 1.165) is 12.1 Å². The van der Waals surface area contributed by atoms with Crippen molar-refractivity contribution in [3.05, 3.63) is 65.7 Å². The minimum absolute atomic E-state index is 0.115. The second kappa shape index (κ2) is 6.42. The molecule has 1 unspecified atom stereocenters. The lowest BCUT2D eigenvalue weighted by molar-refractivity contribution is -0.264. The van der Waals surface area contributed by atoms with Crippen LogP contribution >= 0.6 is 0 Å². The van der Waals surface area contributed by atoms with Gasteiger partial charge in [0.05, 0.1) is 13.5 Å². The van der Waals surface area contributed by atoms with Crippen LogP contribution in [0.3, 0.4) is 0 Å². The van der Waals surface area contributed by atoms with Crippen LogP contribution in [0.5, 0.6) is 5.75 Å². The number of benzene rings is 2. The summed E-state index contributed by atoms with van der Waals surface area (Å²) >= 11 is 0. The number of ketones is 1. The van der Waals surface area contributed by atoms with Crippen molar-refractivity contribution in [2.75, 3.05) is 7.11 Å². The van der Waals surface area contributed by atoms with Crippen molar-refractivity contribution in [3.63, 3.8) is 0 Å². The van der Waals surface area contributed by atoms with E-state index in [2.05, 4.69) is 0 Å². The Hall–Kier alpha value is -2.34. The van der Waals surface area contributed by atoms with E-state index in [0.29, 0.717) is 5.75 Å². The molecule has 0 aromatic heterocycles. The van der Waals surface area contributed by atoms with E-state index in [1.165, 1.54) is 31.4 Å². The number of alkyl halides is 3. The molecule has 2 aromatic rings. The number of carbonyl (C=O) groups is 1. The van der Waals surface area contributed by atoms with Crippen LogP contribution in [0.2, 0.25) is 0 Å². The van der Waals surface area contributed by atoms with Gasteiger partial charge in [0.2, 0.25) is 0 Å². The van der Waals surface area contributed by atoms with Crippen molar-refractivity contribution in [2.24, 2.45) is 0 Å². The van der Waals surface area contributed by atoms with Gasteiger partial charge in [0.15, 0.2) is 11.4 Å². The number of halogens is 3. The van der Waals surface area contributed by atoms with Crippen LogP contribution in [0, 0.1) is 0 Å². The monoisotopic (exact) mass is 324 g/mol. The molecular formula is C17H15F3O3. The summed E-state index contributed by atoms with van der Waals surface area (Å²) < 4.78 is 45.1. The number of Topliss-reactive ketones (excluding diaryl/α,β-unsaturated/α-hetero) is 1. The topological polar surface area (TPSA) is 46.5 Å². The molecule has 0 saturated heterocycles. The first-order chi connectivity index (χ1) is 10.8. The van der Waals surface area contributed by atoms with Crippen LogP contribution in [0.25, 0.3) is 0 Å². The van der Waals surface area contributed by atoms with E-state index in [1.54, 1.807) is 18.2 Å². The molecule has 2 aromatic carbocycles. The highest BCUT2D eigenvalue weighted by molar-refractivity contribution is 5.96. The molecule has 0 amide bonds. The highest BCUT2D eigenvalue weighted by Gasteiger charge is 2.56. The molecule has 23 heavy (non-hydrogen) atoms. The highest BCUT2D eigenvalue weighted by atomic mass is 19.4. The Morgan fingerprint density at radius 2 is 1.61 bits per heavy atom. The van der Waals surface area contributed by atoms with Crippen molar-refractivity contribution in [3.8, 4) is 5.75 Å². The van der Waals surface area contributed by atoms with E-state index in [9.17, 15) is 23.1 Å². The van der Waals surface area contributed by atoms with E-state index in [4.69, 9.17) is 4.74 Å². The van der Waals surface area contributed by atoms with Crippen molar-refractivity contribution in [1.82, 2.24) is 0 Å². The maximum Gasteiger partial charge on any atom is 0.421 e. The molecule has 0 aliphatic rings. The largest absolute Gasteiger partial charge is 0.497 e. The van der Waals surface area contributed by atoms with Crippen LogP contribution in [-0.2, 0) is 5.60 Å². The molecule has 0 bridgehead atoms. The van der Waals surface area contributed by atoms with Crippen molar-refractivity contribution < 1.29 is 27.8 Å². The number of aliphatic hydroxyl groups is 1. The second-order valence-corrected chi connectivity index (χ2v) is 5.05. The normalized spacial score (nSPS) is 14.1. The molecule has 1 N–H and O–H groups in total. The van der Waals surface area contributed by atoms with Gasteiger partial charge in [-0.3, -0.25) is 4.79 Å². The van der Waals surface area contributed by atoms with Gasteiger partial charge in [-0.15, -0.1) is 0 Å². The zero-order chi connectivity index (χ0) is 17.1. The summed E-state index contributed by atoms with van der Waals surface area (Å²) in [5.74, 6) is -0.436. The molecule has 3 nitrogen and oxygen atoms in total. The quantitative estimate of drug-likeness (QED) is 0.853. The first-order valence-electron chi connectivity index (χ1n) is 6.80. The molecular weight excluding hydrogens is 309 g/mol. The van der Waals surface area contributed by atoms with Crippen LogP contribution in [0.1, 0.15) is 22.3 Å². The predicted molar refractivity (Wildman–Crippen MR) is 78.3 cm³/mol. The number of ether oxygens (including phenoxy) is 1. The van der Waals surface area contributed by atoms with Gasteiger partial charge >= 0.3 is 6.18 Å². The van der Waals surface area contributed by atoms with Gasteiger partial charge < -0.3 is 9.84 Å². The second-order valence-electron chi connectivity index (χ2n) is 5.05.